The fourth-order valence-corrected chi connectivity index (χ4v) is 1.61. The van der Waals surface area contributed by atoms with E-state index in [1.807, 2.05) is 6.92 Å². The third-order valence-corrected chi connectivity index (χ3v) is 2.57. The molecular weight excluding hydrogens is 234 g/mol. The minimum atomic E-state index is -0.181. The average molecular weight is 251 g/mol. The minimum Gasteiger partial charge on any atom is -0.490 e. The van der Waals surface area contributed by atoms with Crippen molar-refractivity contribution in [1.82, 2.24) is 5.32 Å². The van der Waals surface area contributed by atoms with E-state index in [1.54, 1.807) is 12.1 Å². The van der Waals surface area contributed by atoms with Crippen molar-refractivity contribution < 1.29 is 19.4 Å². The van der Waals surface area contributed by atoms with Crippen LogP contribution in [0.3, 0.4) is 0 Å². The molecule has 1 aromatic rings. The Morgan fingerprint density at radius 2 is 2.28 bits per heavy atom. The molecule has 98 valence electrons. The van der Waals surface area contributed by atoms with Crippen molar-refractivity contribution >= 4 is 5.91 Å². The second-order valence-electron chi connectivity index (χ2n) is 4.05. The molecule has 1 amide bonds. The van der Waals surface area contributed by atoms with Gasteiger partial charge in [0.05, 0.1) is 12.2 Å². The van der Waals surface area contributed by atoms with Crippen LogP contribution in [-0.4, -0.2) is 30.8 Å². The molecule has 2 N–H and O–H groups in total. The molecule has 1 heterocycles. The number of hydrogen-bond donors (Lipinski definition) is 2. The lowest BCUT2D eigenvalue weighted by molar-refractivity contribution is 0.0951. The molecule has 0 fully saturated rings. The topological polar surface area (TPSA) is 71.1 Å². The smallest absolute Gasteiger partial charge is 0.255 e. The first-order valence-electron chi connectivity index (χ1n) is 6.14. The normalized spacial score (nSPS) is 11.4. The van der Waals surface area contributed by atoms with Gasteiger partial charge in [-0.2, -0.15) is 0 Å². The van der Waals surface area contributed by atoms with Gasteiger partial charge in [-0.05, 0) is 25.0 Å². The molecule has 0 bridgehead atoms. The van der Waals surface area contributed by atoms with Gasteiger partial charge in [0, 0.05) is 13.2 Å². The Labute approximate surface area is 106 Å². The summed E-state index contributed by atoms with van der Waals surface area (Å²) >= 11 is 0. The molecule has 0 spiro atoms. The first kappa shape index (κ1) is 12.7. The summed E-state index contributed by atoms with van der Waals surface area (Å²) in [6, 6.07) is 3.45. The predicted octanol–water partition coefficient (Wildman–Crippen LogP) is 1.69. The summed E-state index contributed by atoms with van der Waals surface area (Å²) in [5, 5.41) is 11.4. The summed E-state index contributed by atoms with van der Waals surface area (Å²) in [6.07, 6.45) is 1.48. The number of hydrogen-bond acceptors (Lipinski definition) is 4. The van der Waals surface area contributed by atoms with Crippen LogP contribution in [0, 0.1) is 0 Å². The number of aliphatic hydroxyl groups is 1. The van der Waals surface area contributed by atoms with Gasteiger partial charge in [0.25, 0.3) is 5.91 Å². The highest BCUT2D eigenvalue weighted by molar-refractivity contribution is 6.00. The van der Waals surface area contributed by atoms with Crippen LogP contribution < -0.4 is 14.8 Å². The summed E-state index contributed by atoms with van der Waals surface area (Å²) in [7, 11) is 0. The van der Waals surface area contributed by atoms with Crippen molar-refractivity contribution in [3.8, 4) is 17.2 Å². The number of aliphatic hydroxyl groups excluding tert-OH is 1. The fraction of sp³-hybridized carbons (Fsp3) is 0.462. The van der Waals surface area contributed by atoms with E-state index in [0.29, 0.717) is 42.4 Å². The Morgan fingerprint density at radius 1 is 1.44 bits per heavy atom. The van der Waals surface area contributed by atoms with E-state index in [1.165, 1.54) is 0 Å². The first-order valence-corrected chi connectivity index (χ1v) is 6.14. The van der Waals surface area contributed by atoms with E-state index in [4.69, 9.17) is 14.6 Å². The van der Waals surface area contributed by atoms with Crippen LogP contribution in [-0.2, 0) is 0 Å². The van der Waals surface area contributed by atoms with Crippen LogP contribution in [0.4, 0.5) is 0 Å². The lowest BCUT2D eigenvalue weighted by Gasteiger charge is -2.03. The van der Waals surface area contributed by atoms with E-state index >= 15 is 0 Å². The van der Waals surface area contributed by atoms with E-state index in [0.717, 1.165) is 6.42 Å². The zero-order chi connectivity index (χ0) is 13.0. The molecule has 0 unspecified atom stereocenters. The molecule has 5 heteroatoms. The number of rotatable bonds is 7. The fourth-order valence-electron chi connectivity index (χ4n) is 1.61. The van der Waals surface area contributed by atoms with Gasteiger partial charge in [0.2, 0.25) is 5.75 Å². The summed E-state index contributed by atoms with van der Waals surface area (Å²) in [5.74, 6) is 1.78. The van der Waals surface area contributed by atoms with E-state index < -0.39 is 0 Å². The number of ether oxygens (including phenoxy) is 2. The number of fused-ring (bicyclic) bond motifs is 1. The summed E-state index contributed by atoms with van der Waals surface area (Å²) in [4.78, 5) is 11.8. The number of carbonyl (C=O) groups excluding carboxylic acids is 1. The Hall–Kier alpha value is -1.75. The maximum absolute atomic E-state index is 11.8. The molecule has 1 aliphatic rings. The second-order valence-corrected chi connectivity index (χ2v) is 4.05. The summed E-state index contributed by atoms with van der Waals surface area (Å²) < 4.78 is 10.8. The van der Waals surface area contributed by atoms with Gasteiger partial charge in [-0.25, -0.2) is 0 Å². The molecule has 0 atom stereocenters. The molecule has 0 aromatic heterocycles. The highest BCUT2D eigenvalue weighted by Gasteiger charge is 2.32. The van der Waals surface area contributed by atoms with Gasteiger partial charge >= 0.3 is 0 Å². The van der Waals surface area contributed by atoms with Crippen molar-refractivity contribution in [2.75, 3.05) is 19.8 Å². The Kier molecular flexibility index (Phi) is 4.04. The number of amides is 1. The molecular formula is C13H17NO4. The van der Waals surface area contributed by atoms with Gasteiger partial charge in [-0.1, -0.05) is 6.92 Å². The molecule has 0 radical (unpaired) electrons. The van der Waals surface area contributed by atoms with E-state index in [-0.39, 0.29) is 12.5 Å². The Bertz CT molecular complexity index is 445. The molecule has 0 saturated carbocycles. The molecule has 0 aliphatic carbocycles. The van der Waals surface area contributed by atoms with Crippen molar-refractivity contribution in [2.24, 2.45) is 0 Å². The lowest BCUT2D eigenvalue weighted by Crippen LogP contribution is -2.24. The van der Waals surface area contributed by atoms with Gasteiger partial charge in [-0.15, -0.1) is 0 Å². The van der Waals surface area contributed by atoms with Crippen molar-refractivity contribution in [3.63, 3.8) is 0 Å². The van der Waals surface area contributed by atoms with Gasteiger partial charge in [-0.3, -0.25) is 4.79 Å². The van der Waals surface area contributed by atoms with Crippen LogP contribution in [0.25, 0.3) is 0 Å². The van der Waals surface area contributed by atoms with Crippen LogP contribution >= 0.6 is 0 Å². The first-order chi connectivity index (χ1) is 8.77. The van der Waals surface area contributed by atoms with Gasteiger partial charge in [0.1, 0.15) is 0 Å². The summed E-state index contributed by atoms with van der Waals surface area (Å²) in [5.41, 5.74) is 0.520. The van der Waals surface area contributed by atoms with Gasteiger partial charge in [0.15, 0.2) is 11.5 Å². The standard InChI is InChI=1S/C13H17NO4/c1-2-8-17-10-5-4-9(11-12(10)18-11)13(16)14-6-3-7-15/h4-5,15H,2-3,6-8H2,1H3,(H,14,16). The molecule has 1 aromatic carbocycles. The molecule has 0 saturated heterocycles. The Morgan fingerprint density at radius 3 is 3.00 bits per heavy atom. The lowest BCUT2D eigenvalue weighted by atomic mass is 10.2. The maximum Gasteiger partial charge on any atom is 0.255 e. The molecule has 5 nitrogen and oxygen atoms in total. The van der Waals surface area contributed by atoms with Crippen molar-refractivity contribution in [1.29, 1.82) is 0 Å². The van der Waals surface area contributed by atoms with E-state index in [2.05, 4.69) is 5.32 Å². The van der Waals surface area contributed by atoms with Crippen LogP contribution in [0.5, 0.6) is 17.2 Å². The molecule has 18 heavy (non-hydrogen) atoms. The van der Waals surface area contributed by atoms with Crippen molar-refractivity contribution in [3.05, 3.63) is 17.7 Å². The van der Waals surface area contributed by atoms with Crippen LogP contribution in [0.1, 0.15) is 30.1 Å². The third-order valence-electron chi connectivity index (χ3n) is 2.57. The van der Waals surface area contributed by atoms with Gasteiger partial charge < -0.3 is 19.9 Å². The van der Waals surface area contributed by atoms with E-state index in [9.17, 15) is 4.79 Å². The number of carbonyl (C=O) groups is 1. The molecule has 2 rings (SSSR count). The van der Waals surface area contributed by atoms with Crippen LogP contribution in [0.2, 0.25) is 0 Å². The molecule has 1 aliphatic heterocycles. The average Bonchev–Trinajstić information content (AvgIpc) is 3.16. The SMILES string of the molecule is CCCOc1ccc(C(=O)NCCCO)c2c1O2. The zero-order valence-electron chi connectivity index (χ0n) is 10.4. The predicted molar refractivity (Wildman–Crippen MR) is 66.3 cm³/mol. The monoisotopic (exact) mass is 251 g/mol. The van der Waals surface area contributed by atoms with Crippen LogP contribution in [0.15, 0.2) is 12.1 Å². The zero-order valence-corrected chi connectivity index (χ0v) is 10.4. The number of benzene rings is 1. The third kappa shape index (κ3) is 2.73. The highest BCUT2D eigenvalue weighted by atomic mass is 16.6. The summed E-state index contributed by atoms with van der Waals surface area (Å²) in [6.45, 7) is 3.19. The maximum atomic E-state index is 11.8. The largest absolute Gasteiger partial charge is 0.490 e. The minimum absolute atomic E-state index is 0.0681. The van der Waals surface area contributed by atoms with Crippen molar-refractivity contribution in [2.45, 2.75) is 19.8 Å². The highest BCUT2D eigenvalue weighted by Crippen LogP contribution is 2.54. The number of nitrogens with one attached hydrogen (secondary N) is 1. The Balaban J connectivity index is 1.98. The second kappa shape index (κ2) is 5.73. The quantitative estimate of drug-likeness (QED) is 0.580.